The van der Waals surface area contributed by atoms with Crippen LogP contribution in [0.4, 0.5) is 0 Å². The molecule has 0 aliphatic carbocycles. The number of nitrogens with two attached hydrogens (primary N) is 1. The topological polar surface area (TPSA) is 131 Å². The number of hydrogen-bond acceptors (Lipinski definition) is 6. The summed E-state index contributed by atoms with van der Waals surface area (Å²) < 4.78 is 22.2. The Balaban J connectivity index is 4.14. The molecule has 0 saturated carbocycles. The number of carbonyl (C=O) groups excluding carboxylic acids is 1. The lowest BCUT2D eigenvalue weighted by molar-refractivity contribution is -0.123. The van der Waals surface area contributed by atoms with Crippen LogP contribution in [0.25, 0.3) is 0 Å². The van der Waals surface area contributed by atoms with Crippen LogP contribution in [0.5, 0.6) is 0 Å². The molecule has 3 unspecified atom stereocenters. The van der Waals surface area contributed by atoms with Crippen molar-refractivity contribution in [3.8, 4) is 0 Å². The van der Waals surface area contributed by atoms with Crippen molar-refractivity contribution in [2.24, 2.45) is 5.73 Å². The highest BCUT2D eigenvalue weighted by atomic mass is 31.2. The van der Waals surface area contributed by atoms with E-state index in [0.29, 0.717) is 6.42 Å². The highest BCUT2D eigenvalue weighted by Crippen LogP contribution is 2.43. The Kier molecular flexibility index (Phi) is 41.3. The normalized spacial score (nSPS) is 14.1. The molecule has 0 aliphatic heterocycles. The number of unbranched alkanes of at least 4 members (excludes halogenated alkanes) is 32. The Hall–Kier alpha value is -0.760. The molecule has 0 aromatic heterocycles. The molecule has 54 heavy (non-hydrogen) atoms. The monoisotopic (exact) mass is 787 g/mol. The third-order valence-corrected chi connectivity index (χ3v) is 11.6. The molecule has 1 amide bonds. The van der Waals surface area contributed by atoms with Gasteiger partial charge >= 0.3 is 7.82 Å². The summed E-state index contributed by atoms with van der Waals surface area (Å²) in [5.74, 6) is -0.189. The summed E-state index contributed by atoms with van der Waals surface area (Å²) >= 11 is 0. The van der Waals surface area contributed by atoms with E-state index in [2.05, 4.69) is 19.2 Å². The molecule has 0 bridgehead atoms. The first-order valence-electron chi connectivity index (χ1n) is 23.3. The third-order valence-electron chi connectivity index (χ3n) is 10.6. The van der Waals surface area contributed by atoms with Gasteiger partial charge in [-0.2, -0.15) is 0 Å². The minimum Gasteiger partial charge on any atom is -0.387 e. The highest BCUT2D eigenvalue weighted by molar-refractivity contribution is 7.47. The quantitative estimate of drug-likeness (QED) is 0.0275. The average molecular weight is 787 g/mol. The maximum Gasteiger partial charge on any atom is 0.472 e. The zero-order chi connectivity index (χ0) is 39.6. The van der Waals surface area contributed by atoms with Crippen LogP contribution in [0, 0.1) is 0 Å². The number of nitrogens with one attached hydrogen (secondary N) is 1. The largest absolute Gasteiger partial charge is 0.472 e. The van der Waals surface area contributed by atoms with Crippen molar-refractivity contribution < 1.29 is 28.4 Å². The lowest BCUT2D eigenvalue weighted by atomic mass is 10.0. The number of allylic oxidation sites excluding steroid dienone is 1. The molecule has 5 N–H and O–H groups in total. The predicted molar refractivity (Wildman–Crippen MR) is 231 cm³/mol. The molecule has 0 fully saturated rings. The molecule has 0 radical (unpaired) electrons. The van der Waals surface area contributed by atoms with E-state index in [0.717, 1.165) is 38.5 Å². The van der Waals surface area contributed by atoms with E-state index in [4.69, 9.17) is 14.8 Å². The fourth-order valence-corrected chi connectivity index (χ4v) is 7.83. The van der Waals surface area contributed by atoms with Crippen LogP contribution in [-0.2, 0) is 18.4 Å². The van der Waals surface area contributed by atoms with E-state index in [9.17, 15) is 19.4 Å². The fourth-order valence-electron chi connectivity index (χ4n) is 7.07. The van der Waals surface area contributed by atoms with Gasteiger partial charge in [0.1, 0.15) is 0 Å². The van der Waals surface area contributed by atoms with Gasteiger partial charge < -0.3 is 21.1 Å². The first-order chi connectivity index (χ1) is 26.4. The van der Waals surface area contributed by atoms with Gasteiger partial charge in [-0.25, -0.2) is 4.57 Å². The molecule has 9 heteroatoms. The number of aliphatic hydroxyl groups is 1. The zero-order valence-electron chi connectivity index (χ0n) is 35.7. The standard InChI is InChI=1S/C45H91N2O6P/c1-3-5-7-9-11-13-15-17-19-21-23-25-27-29-31-33-35-37-39-45(49)47-43(42-53-54(50,51)52-41-40-46)44(48)38-36-34-32-30-28-26-24-22-20-18-16-14-12-10-8-6-4-2/h36,38,43-44,48H,3-35,37,39-42,46H2,1-2H3,(H,47,49)(H,50,51)/b38-36+. The van der Waals surface area contributed by atoms with Gasteiger partial charge in [-0.15, -0.1) is 0 Å². The van der Waals surface area contributed by atoms with E-state index in [-0.39, 0.29) is 25.7 Å². The molecule has 8 nitrogen and oxygen atoms in total. The van der Waals surface area contributed by atoms with Crippen molar-refractivity contribution in [3.63, 3.8) is 0 Å². The molecule has 0 aromatic carbocycles. The van der Waals surface area contributed by atoms with Crippen LogP contribution in [0.3, 0.4) is 0 Å². The van der Waals surface area contributed by atoms with Gasteiger partial charge in [0.15, 0.2) is 0 Å². The van der Waals surface area contributed by atoms with E-state index in [1.165, 1.54) is 180 Å². The van der Waals surface area contributed by atoms with Crippen molar-refractivity contribution in [3.05, 3.63) is 12.2 Å². The maximum absolute atomic E-state index is 12.8. The van der Waals surface area contributed by atoms with Crippen LogP contribution >= 0.6 is 7.82 Å². The minimum absolute atomic E-state index is 0.0815. The Morgan fingerprint density at radius 2 is 0.944 bits per heavy atom. The molecule has 3 atom stereocenters. The summed E-state index contributed by atoms with van der Waals surface area (Å²) in [4.78, 5) is 22.7. The first kappa shape index (κ1) is 53.2. The Labute approximate surface area is 335 Å². The summed E-state index contributed by atoms with van der Waals surface area (Å²) in [5.41, 5.74) is 5.38. The summed E-state index contributed by atoms with van der Waals surface area (Å²) in [5, 5.41) is 13.7. The van der Waals surface area contributed by atoms with E-state index >= 15 is 0 Å². The molecule has 0 spiro atoms. The van der Waals surface area contributed by atoms with Gasteiger partial charge in [0.05, 0.1) is 25.4 Å². The highest BCUT2D eigenvalue weighted by Gasteiger charge is 2.26. The van der Waals surface area contributed by atoms with Gasteiger partial charge in [-0.3, -0.25) is 13.8 Å². The Morgan fingerprint density at radius 1 is 0.593 bits per heavy atom. The summed E-state index contributed by atoms with van der Waals surface area (Å²) in [7, 11) is -4.33. The van der Waals surface area contributed by atoms with E-state index < -0.39 is 20.0 Å². The van der Waals surface area contributed by atoms with Gasteiger partial charge in [0.2, 0.25) is 5.91 Å². The number of carbonyl (C=O) groups is 1. The molecule has 0 heterocycles. The van der Waals surface area contributed by atoms with Gasteiger partial charge in [0, 0.05) is 13.0 Å². The first-order valence-corrected chi connectivity index (χ1v) is 24.8. The van der Waals surface area contributed by atoms with Crippen LogP contribution in [0.1, 0.15) is 239 Å². The Bertz CT molecular complexity index is 860. The van der Waals surface area contributed by atoms with Crippen LogP contribution in [0.15, 0.2) is 12.2 Å². The van der Waals surface area contributed by atoms with Crippen molar-refractivity contribution in [2.45, 2.75) is 251 Å². The Morgan fingerprint density at radius 3 is 1.31 bits per heavy atom. The fraction of sp³-hybridized carbons (Fsp3) is 0.933. The van der Waals surface area contributed by atoms with E-state index in [1.807, 2.05) is 6.08 Å². The van der Waals surface area contributed by atoms with Gasteiger partial charge in [-0.1, -0.05) is 225 Å². The minimum atomic E-state index is -4.33. The van der Waals surface area contributed by atoms with Crippen LogP contribution in [0.2, 0.25) is 0 Å². The van der Waals surface area contributed by atoms with Crippen molar-refractivity contribution in [2.75, 3.05) is 19.8 Å². The van der Waals surface area contributed by atoms with Crippen molar-refractivity contribution in [1.82, 2.24) is 5.32 Å². The second-order valence-corrected chi connectivity index (χ2v) is 17.4. The molecule has 0 aromatic rings. The second kappa shape index (κ2) is 41.9. The van der Waals surface area contributed by atoms with Crippen LogP contribution < -0.4 is 11.1 Å². The van der Waals surface area contributed by atoms with Crippen LogP contribution in [-0.4, -0.2) is 47.8 Å². The third kappa shape index (κ3) is 39.5. The number of phosphoric ester groups is 1. The molecular weight excluding hydrogens is 695 g/mol. The average Bonchev–Trinajstić information content (AvgIpc) is 3.16. The second-order valence-electron chi connectivity index (χ2n) is 16.0. The lowest BCUT2D eigenvalue weighted by Crippen LogP contribution is -2.45. The molecule has 0 saturated heterocycles. The summed E-state index contributed by atoms with van der Waals surface area (Å²) in [6.45, 7) is 4.17. The molecule has 0 rings (SSSR count). The SMILES string of the molecule is CCCCCCCCCCCCCCCCC/C=C/C(O)C(COP(=O)(O)OCCN)NC(=O)CCCCCCCCCCCCCCCCCCCC. The molecule has 0 aliphatic rings. The number of hydrogen-bond donors (Lipinski definition) is 4. The summed E-state index contributed by atoms with van der Waals surface area (Å²) in [6, 6.07) is -0.854. The number of amides is 1. The number of phosphoric acid groups is 1. The predicted octanol–water partition coefficient (Wildman–Crippen LogP) is 13.2. The number of aliphatic hydroxyl groups excluding tert-OH is 1. The molecule has 322 valence electrons. The van der Waals surface area contributed by atoms with Crippen molar-refractivity contribution >= 4 is 13.7 Å². The maximum atomic E-state index is 12.8. The lowest BCUT2D eigenvalue weighted by Gasteiger charge is -2.23. The van der Waals surface area contributed by atoms with E-state index in [1.54, 1.807) is 6.08 Å². The number of rotatable bonds is 44. The van der Waals surface area contributed by atoms with Crippen molar-refractivity contribution in [1.29, 1.82) is 0 Å². The molecular formula is C45H91N2O6P. The summed E-state index contributed by atoms with van der Waals surface area (Å²) in [6.07, 6.45) is 46.9. The zero-order valence-corrected chi connectivity index (χ0v) is 36.6. The smallest absolute Gasteiger partial charge is 0.387 e. The van der Waals surface area contributed by atoms with Gasteiger partial charge in [0.25, 0.3) is 0 Å². The van der Waals surface area contributed by atoms with Gasteiger partial charge in [-0.05, 0) is 19.3 Å².